The first-order chi connectivity index (χ1) is 10.1. The Kier molecular flexibility index (Phi) is 12.7. The molecule has 1 unspecified atom stereocenters. The van der Waals surface area contributed by atoms with Crippen molar-refractivity contribution in [3.05, 3.63) is 12.2 Å². The second kappa shape index (κ2) is 13.6. The molecule has 0 aliphatic carbocycles. The normalized spacial score (nSPS) is 12.3. The number of aliphatic hydroxyl groups excluding tert-OH is 1. The molecule has 0 aromatic heterocycles. The fourth-order valence-corrected chi connectivity index (χ4v) is 1.41. The first kappa shape index (κ1) is 19.6. The number of ether oxygens (including phenoxy) is 3. The van der Waals surface area contributed by atoms with Crippen LogP contribution in [0.5, 0.6) is 0 Å². The van der Waals surface area contributed by atoms with E-state index in [2.05, 4.69) is 4.74 Å². The highest BCUT2D eigenvalue weighted by Crippen LogP contribution is 2.01. The van der Waals surface area contributed by atoms with Crippen molar-refractivity contribution in [3.63, 3.8) is 0 Å². The Labute approximate surface area is 126 Å². The van der Waals surface area contributed by atoms with Gasteiger partial charge in [-0.1, -0.05) is 6.42 Å². The Hall–Kier alpha value is -1.40. The fraction of sp³-hybridized carbons (Fsp3) is 0.733. The standard InChI is InChI=1S/C15H26O6/c1-3-19-10-6-4-5-7-11-20-14(17)8-9-15(18)21-12-13(2)16/h8-9,13,16H,3-7,10-12H2,1-2H3/b9-8+. The minimum absolute atomic E-state index is 0.0973. The molecule has 6 heteroatoms. The first-order valence-electron chi connectivity index (χ1n) is 7.33. The number of unbranched alkanes of at least 4 members (excludes halogenated alkanes) is 3. The van der Waals surface area contributed by atoms with E-state index in [1.165, 1.54) is 6.92 Å². The van der Waals surface area contributed by atoms with Crippen LogP contribution in [0, 0.1) is 0 Å². The van der Waals surface area contributed by atoms with Gasteiger partial charge in [0.05, 0.1) is 12.7 Å². The van der Waals surface area contributed by atoms with Gasteiger partial charge in [-0.25, -0.2) is 9.59 Å². The molecule has 0 saturated carbocycles. The Bertz CT molecular complexity index is 311. The van der Waals surface area contributed by atoms with Gasteiger partial charge in [0.25, 0.3) is 0 Å². The van der Waals surface area contributed by atoms with Crippen LogP contribution in [-0.4, -0.2) is 49.6 Å². The molecule has 0 fully saturated rings. The Morgan fingerprint density at radius 2 is 1.57 bits per heavy atom. The van der Waals surface area contributed by atoms with Crippen LogP contribution in [0.1, 0.15) is 39.5 Å². The van der Waals surface area contributed by atoms with Crippen LogP contribution in [0.2, 0.25) is 0 Å². The molecular formula is C15H26O6. The number of hydrogen-bond acceptors (Lipinski definition) is 6. The summed E-state index contributed by atoms with van der Waals surface area (Å²) in [6, 6.07) is 0. The van der Waals surface area contributed by atoms with Crippen molar-refractivity contribution in [2.45, 2.75) is 45.6 Å². The van der Waals surface area contributed by atoms with E-state index in [0.717, 1.165) is 51.0 Å². The molecule has 0 heterocycles. The van der Waals surface area contributed by atoms with E-state index < -0.39 is 18.0 Å². The second-order valence-electron chi connectivity index (χ2n) is 4.59. The molecule has 6 nitrogen and oxygen atoms in total. The molecule has 0 aromatic carbocycles. The predicted molar refractivity (Wildman–Crippen MR) is 77.7 cm³/mol. The van der Waals surface area contributed by atoms with E-state index in [1.54, 1.807) is 0 Å². The average molecular weight is 302 g/mol. The predicted octanol–water partition coefficient (Wildman–Crippen LogP) is 1.61. The van der Waals surface area contributed by atoms with E-state index in [0.29, 0.717) is 6.61 Å². The molecule has 0 rings (SSSR count). The third-order valence-electron chi connectivity index (χ3n) is 2.45. The summed E-state index contributed by atoms with van der Waals surface area (Å²) < 4.78 is 14.8. The molecule has 21 heavy (non-hydrogen) atoms. The lowest BCUT2D eigenvalue weighted by atomic mass is 10.2. The van der Waals surface area contributed by atoms with Crippen molar-refractivity contribution in [3.8, 4) is 0 Å². The highest BCUT2D eigenvalue weighted by Gasteiger charge is 2.03. The average Bonchev–Trinajstić information content (AvgIpc) is 2.45. The smallest absolute Gasteiger partial charge is 0.331 e. The summed E-state index contributed by atoms with van der Waals surface area (Å²) in [5.41, 5.74) is 0. The minimum Gasteiger partial charge on any atom is -0.463 e. The number of rotatable bonds is 12. The maximum Gasteiger partial charge on any atom is 0.331 e. The monoisotopic (exact) mass is 302 g/mol. The lowest BCUT2D eigenvalue weighted by Gasteiger charge is -2.04. The van der Waals surface area contributed by atoms with Crippen LogP contribution in [0.3, 0.4) is 0 Å². The summed E-state index contributed by atoms with van der Waals surface area (Å²) >= 11 is 0. The molecule has 122 valence electrons. The Balaban J connectivity index is 3.51. The van der Waals surface area contributed by atoms with Gasteiger partial charge in [-0.05, 0) is 33.1 Å². The summed E-state index contributed by atoms with van der Waals surface area (Å²) in [5, 5.41) is 8.91. The van der Waals surface area contributed by atoms with E-state index >= 15 is 0 Å². The van der Waals surface area contributed by atoms with Crippen molar-refractivity contribution >= 4 is 11.9 Å². The fourth-order valence-electron chi connectivity index (χ4n) is 1.41. The largest absolute Gasteiger partial charge is 0.463 e. The number of aliphatic hydroxyl groups is 1. The molecule has 0 radical (unpaired) electrons. The van der Waals surface area contributed by atoms with Crippen LogP contribution in [0.15, 0.2) is 12.2 Å². The SMILES string of the molecule is CCOCCCCCCOC(=O)/C=C/C(=O)OCC(C)O. The lowest BCUT2D eigenvalue weighted by Crippen LogP contribution is -2.14. The molecule has 0 aromatic rings. The Morgan fingerprint density at radius 1 is 1.00 bits per heavy atom. The zero-order valence-corrected chi connectivity index (χ0v) is 12.9. The van der Waals surface area contributed by atoms with Gasteiger partial charge in [-0.15, -0.1) is 0 Å². The van der Waals surface area contributed by atoms with Crippen molar-refractivity contribution in [1.82, 2.24) is 0 Å². The van der Waals surface area contributed by atoms with E-state index in [-0.39, 0.29) is 6.61 Å². The topological polar surface area (TPSA) is 82.1 Å². The second-order valence-corrected chi connectivity index (χ2v) is 4.59. The zero-order valence-electron chi connectivity index (χ0n) is 12.9. The maximum absolute atomic E-state index is 11.3. The first-order valence-corrected chi connectivity index (χ1v) is 7.33. The van der Waals surface area contributed by atoms with Gasteiger partial charge in [0.2, 0.25) is 0 Å². The van der Waals surface area contributed by atoms with Gasteiger partial charge in [-0.3, -0.25) is 0 Å². The van der Waals surface area contributed by atoms with Gasteiger partial charge in [-0.2, -0.15) is 0 Å². The molecule has 0 amide bonds. The summed E-state index contributed by atoms with van der Waals surface area (Å²) in [7, 11) is 0. The summed E-state index contributed by atoms with van der Waals surface area (Å²) in [4.78, 5) is 22.4. The summed E-state index contributed by atoms with van der Waals surface area (Å²) in [6.07, 6.45) is 5.11. The van der Waals surface area contributed by atoms with Crippen LogP contribution in [0.25, 0.3) is 0 Å². The summed E-state index contributed by atoms with van der Waals surface area (Å²) in [5.74, 6) is -1.25. The summed E-state index contributed by atoms with van der Waals surface area (Å²) in [6.45, 7) is 5.21. The van der Waals surface area contributed by atoms with Crippen molar-refractivity contribution < 1.29 is 28.9 Å². The van der Waals surface area contributed by atoms with Crippen molar-refractivity contribution in [2.24, 2.45) is 0 Å². The quantitative estimate of drug-likeness (QED) is 0.335. The van der Waals surface area contributed by atoms with Crippen LogP contribution >= 0.6 is 0 Å². The van der Waals surface area contributed by atoms with E-state index in [9.17, 15) is 9.59 Å². The van der Waals surface area contributed by atoms with Crippen LogP contribution in [0.4, 0.5) is 0 Å². The van der Waals surface area contributed by atoms with Gasteiger partial charge >= 0.3 is 11.9 Å². The highest BCUT2D eigenvalue weighted by molar-refractivity contribution is 5.91. The van der Waals surface area contributed by atoms with Crippen molar-refractivity contribution in [2.75, 3.05) is 26.4 Å². The lowest BCUT2D eigenvalue weighted by molar-refractivity contribution is -0.142. The zero-order chi connectivity index (χ0) is 15.9. The molecule has 0 bridgehead atoms. The Morgan fingerprint density at radius 3 is 2.14 bits per heavy atom. The highest BCUT2D eigenvalue weighted by atomic mass is 16.5. The number of esters is 2. The molecule has 1 atom stereocenters. The molecule has 0 aliphatic heterocycles. The number of carbonyl (C=O) groups is 2. The van der Waals surface area contributed by atoms with Crippen LogP contribution in [-0.2, 0) is 23.8 Å². The number of hydrogen-bond donors (Lipinski definition) is 1. The third-order valence-corrected chi connectivity index (χ3v) is 2.45. The van der Waals surface area contributed by atoms with Gasteiger partial charge in [0.1, 0.15) is 6.61 Å². The minimum atomic E-state index is -0.725. The van der Waals surface area contributed by atoms with Crippen LogP contribution < -0.4 is 0 Å². The van der Waals surface area contributed by atoms with Crippen molar-refractivity contribution in [1.29, 1.82) is 0 Å². The van der Waals surface area contributed by atoms with Gasteiger partial charge in [0.15, 0.2) is 0 Å². The molecule has 0 aliphatic rings. The molecule has 0 spiro atoms. The number of carbonyl (C=O) groups excluding carboxylic acids is 2. The molecular weight excluding hydrogens is 276 g/mol. The molecule has 0 saturated heterocycles. The maximum atomic E-state index is 11.3. The van der Waals surface area contributed by atoms with Gasteiger partial charge in [0, 0.05) is 25.4 Å². The third kappa shape index (κ3) is 14.8. The van der Waals surface area contributed by atoms with E-state index in [1.807, 2.05) is 6.92 Å². The van der Waals surface area contributed by atoms with Gasteiger partial charge < -0.3 is 19.3 Å². The molecule has 1 N–H and O–H groups in total. The van der Waals surface area contributed by atoms with E-state index in [4.69, 9.17) is 14.6 Å².